The second kappa shape index (κ2) is 7.29. The number of nitrogens with zero attached hydrogens (tertiary/aromatic N) is 1. The van der Waals surface area contributed by atoms with E-state index in [1.807, 2.05) is 24.3 Å². The first kappa shape index (κ1) is 18.5. The molecule has 2 aromatic carbocycles. The van der Waals surface area contributed by atoms with Crippen LogP contribution in [0.4, 0.5) is 11.4 Å². The lowest BCUT2D eigenvalue weighted by molar-refractivity contribution is 0.103. The van der Waals surface area contributed by atoms with Gasteiger partial charge in [-0.25, -0.2) is 8.42 Å². The zero-order valence-electron chi connectivity index (χ0n) is 14.8. The normalized spacial score (nSPS) is 13.8. The number of nitrogens with one attached hydrogen (secondary N) is 1. The van der Waals surface area contributed by atoms with E-state index in [4.69, 9.17) is 0 Å². The van der Waals surface area contributed by atoms with Crippen LogP contribution in [0, 0.1) is 0 Å². The van der Waals surface area contributed by atoms with Crippen LogP contribution in [0.15, 0.2) is 64.9 Å². The lowest BCUT2D eigenvalue weighted by atomic mass is 10.0. The van der Waals surface area contributed by atoms with E-state index in [-0.39, 0.29) is 21.2 Å². The summed E-state index contributed by atoms with van der Waals surface area (Å²) in [5.41, 5.74) is 1.97. The first-order valence-electron chi connectivity index (χ1n) is 8.75. The first-order valence-corrected chi connectivity index (χ1v) is 11.1. The molecule has 144 valence electrons. The molecular weight excluding hydrogens is 396 g/mol. The van der Waals surface area contributed by atoms with Gasteiger partial charge in [0.25, 0.3) is 15.9 Å². The van der Waals surface area contributed by atoms with E-state index < -0.39 is 15.9 Å². The summed E-state index contributed by atoms with van der Waals surface area (Å²) < 4.78 is 27.7. The molecule has 0 bridgehead atoms. The zero-order chi connectivity index (χ0) is 19.7. The second-order valence-corrected chi connectivity index (χ2v) is 9.20. The quantitative estimate of drug-likeness (QED) is 0.635. The van der Waals surface area contributed by atoms with Crippen LogP contribution in [0.2, 0.25) is 0 Å². The highest BCUT2D eigenvalue weighted by Crippen LogP contribution is 2.33. The molecule has 0 spiro atoms. The van der Waals surface area contributed by atoms with E-state index >= 15 is 0 Å². The summed E-state index contributed by atoms with van der Waals surface area (Å²) in [7, 11) is -3.75. The molecule has 28 heavy (non-hydrogen) atoms. The van der Waals surface area contributed by atoms with Gasteiger partial charge < -0.3 is 10.4 Å². The number of para-hydroxylation sites is 3. The maximum atomic E-state index is 13.2. The Kier molecular flexibility index (Phi) is 4.82. The minimum atomic E-state index is -3.75. The van der Waals surface area contributed by atoms with Crippen LogP contribution in [0.3, 0.4) is 0 Å². The highest BCUT2D eigenvalue weighted by atomic mass is 32.2. The van der Waals surface area contributed by atoms with E-state index in [0.29, 0.717) is 12.2 Å². The molecule has 0 fully saturated rings. The molecule has 2 N–H and O–H groups in total. The number of benzene rings is 2. The number of carbonyl (C=O) groups is 1. The fourth-order valence-electron chi connectivity index (χ4n) is 3.21. The van der Waals surface area contributed by atoms with Crippen LogP contribution in [-0.2, 0) is 16.4 Å². The van der Waals surface area contributed by atoms with Crippen LogP contribution in [0.5, 0.6) is 5.75 Å². The average Bonchev–Trinajstić information content (AvgIpc) is 3.20. The van der Waals surface area contributed by atoms with Crippen molar-refractivity contribution < 1.29 is 18.3 Å². The summed E-state index contributed by atoms with van der Waals surface area (Å²) in [4.78, 5) is 12.8. The number of rotatable bonds is 4. The van der Waals surface area contributed by atoms with Gasteiger partial charge >= 0.3 is 0 Å². The van der Waals surface area contributed by atoms with Crippen molar-refractivity contribution in [3.05, 3.63) is 70.4 Å². The smallest absolute Gasteiger partial charge is 0.265 e. The molecule has 8 heteroatoms. The number of hydrogen-bond acceptors (Lipinski definition) is 5. The Hall–Kier alpha value is -2.84. The van der Waals surface area contributed by atoms with E-state index in [0.717, 1.165) is 29.7 Å². The molecule has 0 unspecified atom stereocenters. The number of fused-ring (bicyclic) bond motifs is 1. The number of phenols is 1. The molecule has 6 nitrogen and oxygen atoms in total. The monoisotopic (exact) mass is 414 g/mol. The summed E-state index contributed by atoms with van der Waals surface area (Å²) >= 11 is 1.06. The fraction of sp³-hybridized carbons (Fsp3) is 0.150. The number of hydrogen-bond donors (Lipinski definition) is 2. The Balaban J connectivity index is 1.60. The third-order valence-corrected chi connectivity index (χ3v) is 7.48. The van der Waals surface area contributed by atoms with Crippen molar-refractivity contribution in [3.8, 4) is 5.75 Å². The highest BCUT2D eigenvalue weighted by molar-refractivity contribution is 7.93. The molecule has 0 radical (unpaired) electrons. The molecular formula is C20H18N2O4S2. The van der Waals surface area contributed by atoms with Gasteiger partial charge in [0.15, 0.2) is 0 Å². The van der Waals surface area contributed by atoms with Crippen LogP contribution < -0.4 is 9.62 Å². The standard InChI is InChI=1S/C20H18N2O4S2/c23-18-10-4-2-8-16(18)21-20(24)19-12-15(13-27-19)28(25,26)22-11-5-7-14-6-1-3-9-17(14)22/h1-4,6,8-10,12-13,23H,5,7,11H2,(H,21,24). The summed E-state index contributed by atoms with van der Waals surface area (Å²) in [6.45, 7) is 0.411. The average molecular weight is 415 g/mol. The number of sulfonamides is 1. The molecule has 0 saturated carbocycles. The Labute approximate surface area is 167 Å². The predicted octanol–water partition coefficient (Wildman–Crippen LogP) is 3.85. The van der Waals surface area contributed by atoms with Crippen molar-refractivity contribution >= 4 is 38.6 Å². The van der Waals surface area contributed by atoms with Crippen LogP contribution >= 0.6 is 11.3 Å². The van der Waals surface area contributed by atoms with Crippen molar-refractivity contribution in [2.75, 3.05) is 16.2 Å². The fourth-order valence-corrected chi connectivity index (χ4v) is 5.91. The predicted molar refractivity (Wildman–Crippen MR) is 110 cm³/mol. The molecule has 0 aliphatic carbocycles. The van der Waals surface area contributed by atoms with E-state index in [2.05, 4.69) is 5.32 Å². The number of thiophene rings is 1. The topological polar surface area (TPSA) is 86.7 Å². The summed E-state index contributed by atoms with van der Waals surface area (Å²) in [5.74, 6) is -0.517. The Morgan fingerprint density at radius 2 is 1.86 bits per heavy atom. The van der Waals surface area contributed by atoms with E-state index in [9.17, 15) is 18.3 Å². The van der Waals surface area contributed by atoms with Gasteiger partial charge in [0.1, 0.15) is 5.75 Å². The summed E-state index contributed by atoms with van der Waals surface area (Å²) in [6, 6.07) is 15.2. The van der Waals surface area contributed by atoms with Gasteiger partial charge in [-0.05, 0) is 42.7 Å². The van der Waals surface area contributed by atoms with Crippen LogP contribution in [-0.4, -0.2) is 26.0 Å². The SMILES string of the molecule is O=C(Nc1ccccc1O)c1cc(S(=O)(=O)N2CCCc3ccccc32)cs1. The number of amides is 1. The Morgan fingerprint density at radius 3 is 2.68 bits per heavy atom. The molecule has 1 amide bonds. The van der Waals surface area contributed by atoms with E-state index in [1.54, 1.807) is 18.2 Å². The van der Waals surface area contributed by atoms with Crippen molar-refractivity contribution in [2.24, 2.45) is 0 Å². The number of anilines is 2. The maximum absolute atomic E-state index is 13.2. The summed E-state index contributed by atoms with van der Waals surface area (Å²) in [5, 5.41) is 13.9. The highest BCUT2D eigenvalue weighted by Gasteiger charge is 2.30. The molecule has 1 aliphatic rings. The summed E-state index contributed by atoms with van der Waals surface area (Å²) in [6.07, 6.45) is 1.60. The first-order chi connectivity index (χ1) is 13.5. The molecule has 2 heterocycles. The van der Waals surface area contributed by atoms with Crippen molar-refractivity contribution in [1.29, 1.82) is 0 Å². The van der Waals surface area contributed by atoms with E-state index in [1.165, 1.54) is 21.8 Å². The largest absolute Gasteiger partial charge is 0.506 e. The van der Waals surface area contributed by atoms with Gasteiger partial charge in [0.2, 0.25) is 0 Å². The molecule has 4 rings (SSSR count). The van der Waals surface area contributed by atoms with Crippen molar-refractivity contribution in [2.45, 2.75) is 17.7 Å². The van der Waals surface area contributed by atoms with Gasteiger partial charge in [-0.1, -0.05) is 30.3 Å². The third kappa shape index (κ3) is 3.36. The zero-order valence-corrected chi connectivity index (χ0v) is 16.5. The van der Waals surface area contributed by atoms with Gasteiger partial charge in [0.05, 0.1) is 21.1 Å². The van der Waals surface area contributed by atoms with Gasteiger partial charge in [-0.15, -0.1) is 11.3 Å². The lowest BCUT2D eigenvalue weighted by Gasteiger charge is -2.30. The number of aromatic hydroxyl groups is 1. The molecule has 1 aromatic heterocycles. The molecule has 0 atom stereocenters. The minimum absolute atomic E-state index is 0.0508. The van der Waals surface area contributed by atoms with Crippen molar-refractivity contribution in [3.63, 3.8) is 0 Å². The van der Waals surface area contributed by atoms with Gasteiger partial charge in [0, 0.05) is 11.9 Å². The maximum Gasteiger partial charge on any atom is 0.265 e. The van der Waals surface area contributed by atoms with Gasteiger partial charge in [-0.3, -0.25) is 9.10 Å². The van der Waals surface area contributed by atoms with Crippen LogP contribution in [0.25, 0.3) is 0 Å². The number of phenolic OH excluding ortho intramolecular Hbond substituents is 1. The van der Waals surface area contributed by atoms with Crippen molar-refractivity contribution in [1.82, 2.24) is 0 Å². The number of aryl methyl sites for hydroxylation is 1. The molecule has 1 aliphatic heterocycles. The molecule has 0 saturated heterocycles. The Morgan fingerprint density at radius 1 is 1.11 bits per heavy atom. The Bertz CT molecular complexity index is 1140. The lowest BCUT2D eigenvalue weighted by Crippen LogP contribution is -2.35. The van der Waals surface area contributed by atoms with Gasteiger partial charge in [-0.2, -0.15) is 0 Å². The number of carbonyl (C=O) groups excluding carboxylic acids is 1. The molecule has 3 aromatic rings. The third-order valence-electron chi connectivity index (χ3n) is 4.61. The second-order valence-electron chi connectivity index (χ2n) is 6.43. The minimum Gasteiger partial charge on any atom is -0.506 e. The van der Waals surface area contributed by atoms with Crippen LogP contribution in [0.1, 0.15) is 21.7 Å².